The van der Waals surface area contributed by atoms with E-state index < -0.39 is 0 Å². The zero-order valence-electron chi connectivity index (χ0n) is 17.0. The number of methoxy groups -OCH3 is 3. The number of carbonyl (C=O) groups excluding carboxylic acids is 1. The van der Waals surface area contributed by atoms with Crippen molar-refractivity contribution >= 4 is 16.8 Å². The molecule has 0 spiro atoms. The van der Waals surface area contributed by atoms with Gasteiger partial charge in [-0.05, 0) is 18.1 Å². The molecule has 0 bridgehead atoms. The van der Waals surface area contributed by atoms with Crippen molar-refractivity contribution in [1.82, 2.24) is 9.88 Å². The van der Waals surface area contributed by atoms with E-state index >= 15 is 0 Å². The smallest absolute Gasteiger partial charge is 0.270 e. The molecule has 1 amide bonds. The zero-order valence-corrected chi connectivity index (χ0v) is 17.0. The number of amides is 1. The van der Waals surface area contributed by atoms with Crippen molar-refractivity contribution in [3.05, 3.63) is 66.4 Å². The molecular weight excluding hydrogens is 368 g/mol. The van der Waals surface area contributed by atoms with Gasteiger partial charge < -0.3 is 24.1 Å². The van der Waals surface area contributed by atoms with Crippen molar-refractivity contribution in [2.45, 2.75) is 6.42 Å². The van der Waals surface area contributed by atoms with Crippen LogP contribution in [-0.2, 0) is 6.42 Å². The van der Waals surface area contributed by atoms with Crippen molar-refractivity contribution in [2.24, 2.45) is 0 Å². The summed E-state index contributed by atoms with van der Waals surface area (Å²) in [5.74, 6) is 1.55. The van der Waals surface area contributed by atoms with Crippen LogP contribution in [-0.4, -0.2) is 50.2 Å². The second-order valence-corrected chi connectivity index (χ2v) is 6.56. The van der Waals surface area contributed by atoms with Crippen molar-refractivity contribution in [3.63, 3.8) is 0 Å². The van der Waals surface area contributed by atoms with Gasteiger partial charge in [0.15, 0.2) is 11.5 Å². The van der Waals surface area contributed by atoms with Gasteiger partial charge in [-0.25, -0.2) is 0 Å². The molecule has 1 heterocycles. The van der Waals surface area contributed by atoms with Crippen LogP contribution in [0.15, 0.2) is 55.1 Å². The first-order valence-electron chi connectivity index (χ1n) is 9.38. The predicted octanol–water partition coefficient (Wildman–Crippen LogP) is 4.06. The average Bonchev–Trinajstić information content (AvgIpc) is 3.20. The molecule has 1 N–H and O–H groups in total. The lowest BCUT2D eigenvalue weighted by atomic mass is 10.1. The van der Waals surface area contributed by atoms with Gasteiger partial charge in [-0.1, -0.05) is 36.4 Å². The molecule has 0 unspecified atom stereocenters. The molecule has 0 aliphatic heterocycles. The highest BCUT2D eigenvalue weighted by molar-refractivity contribution is 6.02. The Kier molecular flexibility index (Phi) is 6.44. The summed E-state index contributed by atoms with van der Waals surface area (Å²) in [7, 11) is 4.71. The fraction of sp³-hybridized carbons (Fsp3) is 0.261. The Hall–Kier alpha value is -3.41. The van der Waals surface area contributed by atoms with E-state index in [0.29, 0.717) is 41.5 Å². The second kappa shape index (κ2) is 9.19. The number of nitrogens with zero attached hydrogens (tertiary/aromatic N) is 1. The number of ether oxygens (including phenoxy) is 3. The molecule has 152 valence electrons. The standard InChI is InChI=1S/C23H26N2O4/c1-5-12-25(13-11-16-9-7-6-8-10-16)23(26)18-14-17-19(27-2)15-20(28-3)22(29-4)21(17)24-18/h5-10,14-15,24H,1,11-13H2,2-4H3. The van der Waals surface area contributed by atoms with E-state index in [0.717, 1.165) is 11.8 Å². The Morgan fingerprint density at radius 2 is 1.79 bits per heavy atom. The topological polar surface area (TPSA) is 63.8 Å². The van der Waals surface area contributed by atoms with Gasteiger partial charge in [-0.3, -0.25) is 4.79 Å². The molecule has 2 aromatic carbocycles. The van der Waals surface area contributed by atoms with Gasteiger partial charge in [0.05, 0.1) is 26.8 Å². The number of nitrogens with one attached hydrogen (secondary N) is 1. The van der Waals surface area contributed by atoms with E-state index in [-0.39, 0.29) is 5.91 Å². The van der Waals surface area contributed by atoms with Crippen LogP contribution in [0.2, 0.25) is 0 Å². The fourth-order valence-electron chi connectivity index (χ4n) is 3.36. The number of carbonyl (C=O) groups is 1. The van der Waals surface area contributed by atoms with E-state index in [2.05, 4.69) is 23.7 Å². The number of rotatable bonds is 9. The van der Waals surface area contributed by atoms with Crippen molar-refractivity contribution in [3.8, 4) is 17.2 Å². The summed E-state index contributed by atoms with van der Waals surface area (Å²) in [5.41, 5.74) is 2.30. The third kappa shape index (κ3) is 4.21. The number of H-pyrrole nitrogens is 1. The Morgan fingerprint density at radius 1 is 1.07 bits per heavy atom. The van der Waals surface area contributed by atoms with Crippen molar-refractivity contribution < 1.29 is 19.0 Å². The van der Waals surface area contributed by atoms with Crippen LogP contribution >= 0.6 is 0 Å². The maximum atomic E-state index is 13.2. The summed E-state index contributed by atoms with van der Waals surface area (Å²) in [6.07, 6.45) is 2.50. The van der Waals surface area contributed by atoms with Crippen LogP contribution < -0.4 is 14.2 Å². The molecular formula is C23H26N2O4. The third-order valence-corrected chi connectivity index (χ3v) is 4.82. The average molecular weight is 394 g/mol. The Labute approximate surface area is 170 Å². The SMILES string of the molecule is C=CCN(CCc1ccccc1)C(=O)c1cc2c(OC)cc(OC)c(OC)c2[nH]1. The first-order chi connectivity index (χ1) is 14.1. The van der Waals surface area contributed by atoms with Crippen LogP contribution in [0.25, 0.3) is 10.9 Å². The summed E-state index contributed by atoms with van der Waals surface area (Å²) in [4.78, 5) is 18.2. The molecule has 6 nitrogen and oxygen atoms in total. The highest BCUT2D eigenvalue weighted by Gasteiger charge is 2.22. The van der Waals surface area contributed by atoms with Gasteiger partial charge in [-0.2, -0.15) is 0 Å². The van der Waals surface area contributed by atoms with Gasteiger partial charge in [0.1, 0.15) is 11.4 Å². The molecule has 0 aliphatic rings. The Morgan fingerprint density at radius 3 is 2.41 bits per heavy atom. The maximum Gasteiger partial charge on any atom is 0.270 e. The van der Waals surface area contributed by atoms with Crippen molar-refractivity contribution in [1.29, 1.82) is 0 Å². The normalized spacial score (nSPS) is 10.6. The number of hydrogen-bond acceptors (Lipinski definition) is 4. The molecule has 0 fully saturated rings. The van der Waals surface area contributed by atoms with E-state index in [1.54, 1.807) is 44.4 Å². The minimum Gasteiger partial charge on any atom is -0.496 e. The molecule has 1 aromatic heterocycles. The summed E-state index contributed by atoms with van der Waals surface area (Å²) in [6, 6.07) is 13.6. The largest absolute Gasteiger partial charge is 0.496 e. The molecule has 0 atom stereocenters. The number of benzene rings is 2. The summed E-state index contributed by atoms with van der Waals surface area (Å²) in [5, 5.41) is 0.759. The first-order valence-corrected chi connectivity index (χ1v) is 9.38. The quantitative estimate of drug-likeness (QED) is 0.556. The van der Waals surface area contributed by atoms with Crippen LogP contribution in [0.1, 0.15) is 16.1 Å². The van der Waals surface area contributed by atoms with Gasteiger partial charge in [-0.15, -0.1) is 6.58 Å². The maximum absolute atomic E-state index is 13.2. The van der Waals surface area contributed by atoms with E-state index in [1.807, 2.05) is 18.2 Å². The second-order valence-electron chi connectivity index (χ2n) is 6.56. The van der Waals surface area contributed by atoms with E-state index in [4.69, 9.17) is 14.2 Å². The van der Waals surface area contributed by atoms with Gasteiger partial charge in [0.25, 0.3) is 5.91 Å². The first kappa shape index (κ1) is 20.3. The minimum atomic E-state index is -0.111. The fourth-order valence-corrected chi connectivity index (χ4v) is 3.36. The Balaban J connectivity index is 1.94. The van der Waals surface area contributed by atoms with Crippen molar-refractivity contribution in [2.75, 3.05) is 34.4 Å². The molecule has 3 aromatic rings. The molecule has 3 rings (SSSR count). The Bertz CT molecular complexity index is 995. The van der Waals surface area contributed by atoms with Crippen LogP contribution in [0.3, 0.4) is 0 Å². The third-order valence-electron chi connectivity index (χ3n) is 4.82. The van der Waals surface area contributed by atoms with Crippen LogP contribution in [0.5, 0.6) is 17.2 Å². The van der Waals surface area contributed by atoms with Gasteiger partial charge in [0, 0.05) is 24.5 Å². The lowest BCUT2D eigenvalue weighted by Gasteiger charge is -2.20. The molecule has 0 saturated carbocycles. The highest BCUT2D eigenvalue weighted by atomic mass is 16.5. The molecule has 0 saturated heterocycles. The highest BCUT2D eigenvalue weighted by Crippen LogP contribution is 2.41. The summed E-state index contributed by atoms with van der Waals surface area (Å²) < 4.78 is 16.4. The van der Waals surface area contributed by atoms with Crippen LogP contribution in [0, 0.1) is 0 Å². The number of fused-ring (bicyclic) bond motifs is 1. The predicted molar refractivity (Wildman–Crippen MR) is 114 cm³/mol. The van der Waals surface area contributed by atoms with Crippen LogP contribution in [0.4, 0.5) is 0 Å². The lowest BCUT2D eigenvalue weighted by molar-refractivity contribution is 0.0771. The summed E-state index contributed by atoms with van der Waals surface area (Å²) >= 11 is 0. The molecule has 0 aliphatic carbocycles. The molecule has 0 radical (unpaired) electrons. The summed E-state index contributed by atoms with van der Waals surface area (Å²) in [6.45, 7) is 4.83. The lowest BCUT2D eigenvalue weighted by Crippen LogP contribution is -2.33. The van der Waals surface area contributed by atoms with Gasteiger partial charge >= 0.3 is 0 Å². The monoisotopic (exact) mass is 394 g/mol. The minimum absolute atomic E-state index is 0.111. The zero-order chi connectivity index (χ0) is 20.8. The number of aromatic nitrogens is 1. The molecule has 6 heteroatoms. The number of aromatic amines is 1. The van der Waals surface area contributed by atoms with E-state index in [9.17, 15) is 4.79 Å². The van der Waals surface area contributed by atoms with E-state index in [1.165, 1.54) is 5.56 Å². The number of hydrogen-bond donors (Lipinski definition) is 1. The van der Waals surface area contributed by atoms with Gasteiger partial charge in [0.2, 0.25) is 0 Å². The molecule has 29 heavy (non-hydrogen) atoms.